The average Bonchev–Trinajstić information content (AvgIpc) is 3.21. The summed E-state index contributed by atoms with van der Waals surface area (Å²) in [7, 11) is 3.19. The Morgan fingerprint density at radius 1 is 1.07 bits per heavy atom. The first-order chi connectivity index (χ1) is 14.2. The topological polar surface area (TPSA) is 91.2 Å². The van der Waals surface area contributed by atoms with Crippen LogP contribution in [0.3, 0.4) is 0 Å². The predicted octanol–water partition coefficient (Wildman–Crippen LogP) is 2.76. The molecule has 0 fully saturated rings. The van der Waals surface area contributed by atoms with Crippen molar-refractivity contribution in [2.45, 2.75) is 6.54 Å². The van der Waals surface area contributed by atoms with Gasteiger partial charge < -0.3 is 14.8 Å². The van der Waals surface area contributed by atoms with Gasteiger partial charge in [0.2, 0.25) is 0 Å². The summed E-state index contributed by atoms with van der Waals surface area (Å²) in [6.07, 6.45) is 1.69. The monoisotopic (exact) mass is 389 g/mol. The number of amides is 1. The van der Waals surface area contributed by atoms with Gasteiger partial charge in [-0.2, -0.15) is 4.68 Å². The fourth-order valence-electron chi connectivity index (χ4n) is 2.99. The zero-order valence-corrected chi connectivity index (χ0v) is 16.0. The minimum Gasteiger partial charge on any atom is -0.497 e. The van der Waals surface area contributed by atoms with E-state index < -0.39 is 0 Å². The van der Waals surface area contributed by atoms with Crippen LogP contribution in [0.15, 0.2) is 60.8 Å². The van der Waals surface area contributed by atoms with Crippen molar-refractivity contribution in [2.24, 2.45) is 0 Å². The van der Waals surface area contributed by atoms with Gasteiger partial charge in [0.1, 0.15) is 17.0 Å². The molecule has 0 bridgehead atoms. The minimum atomic E-state index is -0.192. The number of nitrogens with zero attached hydrogens (tertiary/aromatic N) is 4. The van der Waals surface area contributed by atoms with Crippen LogP contribution >= 0.6 is 0 Å². The van der Waals surface area contributed by atoms with E-state index in [1.807, 2.05) is 42.5 Å². The van der Waals surface area contributed by atoms with Crippen LogP contribution in [0.5, 0.6) is 11.5 Å². The Kier molecular flexibility index (Phi) is 5.07. The number of methoxy groups -OCH3 is 2. The van der Waals surface area contributed by atoms with Gasteiger partial charge in [-0.25, -0.2) is 4.98 Å². The second-order valence-corrected chi connectivity index (χ2v) is 6.25. The van der Waals surface area contributed by atoms with E-state index in [4.69, 9.17) is 9.47 Å². The fraction of sp³-hybridized carbons (Fsp3) is 0.143. The van der Waals surface area contributed by atoms with E-state index in [0.717, 1.165) is 11.3 Å². The Bertz CT molecular complexity index is 1150. The van der Waals surface area contributed by atoms with Crippen molar-refractivity contribution in [1.29, 1.82) is 0 Å². The Balaban J connectivity index is 1.49. The van der Waals surface area contributed by atoms with Crippen molar-refractivity contribution in [3.63, 3.8) is 0 Å². The van der Waals surface area contributed by atoms with Crippen LogP contribution in [-0.4, -0.2) is 40.1 Å². The van der Waals surface area contributed by atoms with Gasteiger partial charge >= 0.3 is 0 Å². The first kappa shape index (κ1) is 18.4. The van der Waals surface area contributed by atoms with Crippen molar-refractivity contribution in [3.8, 4) is 17.2 Å². The highest BCUT2D eigenvalue weighted by Crippen LogP contribution is 2.24. The number of rotatable bonds is 6. The molecule has 8 heteroatoms. The highest BCUT2D eigenvalue weighted by Gasteiger charge is 2.11. The van der Waals surface area contributed by atoms with Gasteiger partial charge in [0, 0.05) is 23.9 Å². The van der Waals surface area contributed by atoms with Gasteiger partial charge in [-0.05, 0) is 54.6 Å². The van der Waals surface area contributed by atoms with Gasteiger partial charge in [0.05, 0.1) is 19.9 Å². The standard InChI is InChI=1S/C21H19N5O3/c1-28-17-9-10-19(29-2)15(12-17)13-23-21(27)14-5-7-16(8-6-14)26-20-18(24-25-26)4-3-11-22-20/h3-12H,13H2,1-2H3,(H,23,27). The maximum Gasteiger partial charge on any atom is 0.251 e. The van der Waals surface area contributed by atoms with Gasteiger partial charge in [-0.1, -0.05) is 5.21 Å². The van der Waals surface area contributed by atoms with Crippen LogP contribution < -0.4 is 14.8 Å². The van der Waals surface area contributed by atoms with Crippen LogP contribution in [0.25, 0.3) is 16.9 Å². The molecule has 146 valence electrons. The molecule has 2 aromatic heterocycles. The molecule has 0 spiro atoms. The highest BCUT2D eigenvalue weighted by atomic mass is 16.5. The van der Waals surface area contributed by atoms with E-state index in [0.29, 0.717) is 34.8 Å². The molecule has 1 N–H and O–H groups in total. The Labute approximate surface area is 167 Å². The Morgan fingerprint density at radius 3 is 2.66 bits per heavy atom. The van der Waals surface area contributed by atoms with E-state index >= 15 is 0 Å². The zero-order valence-electron chi connectivity index (χ0n) is 16.0. The van der Waals surface area contributed by atoms with Crippen molar-refractivity contribution < 1.29 is 14.3 Å². The number of hydrogen-bond donors (Lipinski definition) is 1. The molecule has 8 nitrogen and oxygen atoms in total. The SMILES string of the molecule is COc1ccc(OC)c(CNC(=O)c2ccc(-n3nnc4cccnc43)cc2)c1. The lowest BCUT2D eigenvalue weighted by molar-refractivity contribution is 0.0950. The summed E-state index contributed by atoms with van der Waals surface area (Å²) in [5, 5.41) is 11.1. The summed E-state index contributed by atoms with van der Waals surface area (Å²) >= 11 is 0. The molecule has 0 atom stereocenters. The van der Waals surface area contributed by atoms with Crippen molar-refractivity contribution in [1.82, 2.24) is 25.3 Å². The van der Waals surface area contributed by atoms with Gasteiger partial charge in [0.25, 0.3) is 5.91 Å². The molecule has 2 aromatic carbocycles. The summed E-state index contributed by atoms with van der Waals surface area (Å²) in [6, 6.07) is 16.2. The lowest BCUT2D eigenvalue weighted by Crippen LogP contribution is -2.23. The Hall–Kier alpha value is -3.94. The van der Waals surface area contributed by atoms with Crippen LogP contribution in [0.1, 0.15) is 15.9 Å². The van der Waals surface area contributed by atoms with Crippen LogP contribution in [0.2, 0.25) is 0 Å². The van der Waals surface area contributed by atoms with Crippen molar-refractivity contribution in [3.05, 3.63) is 71.9 Å². The molecule has 0 saturated heterocycles. The lowest BCUT2D eigenvalue weighted by Gasteiger charge is -2.11. The third-order valence-electron chi connectivity index (χ3n) is 4.51. The van der Waals surface area contributed by atoms with E-state index in [9.17, 15) is 4.79 Å². The summed E-state index contributed by atoms with van der Waals surface area (Å²) in [5.41, 5.74) is 3.51. The largest absolute Gasteiger partial charge is 0.497 e. The second kappa shape index (κ2) is 7.97. The predicted molar refractivity (Wildman–Crippen MR) is 107 cm³/mol. The van der Waals surface area contributed by atoms with E-state index in [2.05, 4.69) is 20.6 Å². The molecule has 29 heavy (non-hydrogen) atoms. The number of pyridine rings is 1. The summed E-state index contributed by atoms with van der Waals surface area (Å²) in [5.74, 6) is 1.20. The smallest absolute Gasteiger partial charge is 0.251 e. The van der Waals surface area contributed by atoms with Gasteiger partial charge in [-0.15, -0.1) is 5.10 Å². The summed E-state index contributed by atoms with van der Waals surface area (Å²) < 4.78 is 12.2. The molecule has 0 saturated carbocycles. The number of ether oxygens (including phenoxy) is 2. The maximum atomic E-state index is 12.6. The fourth-order valence-corrected chi connectivity index (χ4v) is 2.99. The molecule has 0 aliphatic carbocycles. The zero-order chi connectivity index (χ0) is 20.2. The first-order valence-electron chi connectivity index (χ1n) is 8.95. The van der Waals surface area contributed by atoms with Crippen LogP contribution in [0, 0.1) is 0 Å². The molecule has 2 heterocycles. The number of carbonyl (C=O) groups excluding carboxylic acids is 1. The normalized spacial score (nSPS) is 10.7. The molecule has 0 unspecified atom stereocenters. The van der Waals surface area contributed by atoms with Gasteiger partial charge in [-0.3, -0.25) is 4.79 Å². The average molecular weight is 389 g/mol. The summed E-state index contributed by atoms with van der Waals surface area (Å²) in [6.45, 7) is 0.318. The molecule has 4 rings (SSSR count). The maximum absolute atomic E-state index is 12.6. The molecular weight excluding hydrogens is 370 g/mol. The first-order valence-corrected chi connectivity index (χ1v) is 8.95. The molecule has 0 aliphatic rings. The van der Waals surface area contributed by atoms with Crippen LogP contribution in [-0.2, 0) is 6.54 Å². The number of nitrogens with one attached hydrogen (secondary N) is 1. The molecule has 4 aromatic rings. The second-order valence-electron chi connectivity index (χ2n) is 6.25. The highest BCUT2D eigenvalue weighted by molar-refractivity contribution is 5.94. The number of benzene rings is 2. The third-order valence-corrected chi connectivity index (χ3v) is 4.51. The third kappa shape index (κ3) is 3.73. The quantitative estimate of drug-likeness (QED) is 0.545. The number of fused-ring (bicyclic) bond motifs is 1. The van der Waals surface area contributed by atoms with Crippen molar-refractivity contribution in [2.75, 3.05) is 14.2 Å². The van der Waals surface area contributed by atoms with E-state index in [1.165, 1.54) is 0 Å². The summed E-state index contributed by atoms with van der Waals surface area (Å²) in [4.78, 5) is 16.9. The number of aromatic nitrogens is 4. The number of hydrogen-bond acceptors (Lipinski definition) is 6. The van der Waals surface area contributed by atoms with E-state index in [1.54, 1.807) is 37.2 Å². The molecule has 1 amide bonds. The number of carbonyl (C=O) groups is 1. The van der Waals surface area contributed by atoms with Gasteiger partial charge in [0.15, 0.2) is 5.65 Å². The molecule has 0 aliphatic heterocycles. The van der Waals surface area contributed by atoms with Crippen molar-refractivity contribution >= 4 is 17.1 Å². The lowest BCUT2D eigenvalue weighted by atomic mass is 10.1. The Morgan fingerprint density at radius 2 is 1.90 bits per heavy atom. The minimum absolute atomic E-state index is 0.192. The molecular formula is C21H19N5O3. The van der Waals surface area contributed by atoms with Crippen LogP contribution in [0.4, 0.5) is 0 Å². The van der Waals surface area contributed by atoms with E-state index in [-0.39, 0.29) is 5.91 Å². The molecule has 0 radical (unpaired) electrons.